The van der Waals surface area contributed by atoms with E-state index in [2.05, 4.69) is 20.5 Å². The van der Waals surface area contributed by atoms with Crippen LogP contribution >= 0.6 is 11.6 Å². The van der Waals surface area contributed by atoms with Crippen molar-refractivity contribution in [3.05, 3.63) is 65.3 Å². The first kappa shape index (κ1) is 22.3. The van der Waals surface area contributed by atoms with Crippen molar-refractivity contribution in [2.75, 3.05) is 0 Å². The lowest BCUT2D eigenvalue weighted by atomic mass is 10.1. The molecule has 9 nitrogen and oxygen atoms in total. The summed E-state index contributed by atoms with van der Waals surface area (Å²) in [6.45, 7) is 2.44. The number of hydrogen-bond donors (Lipinski definition) is 1. The van der Waals surface area contributed by atoms with E-state index in [1.54, 1.807) is 27.7 Å². The van der Waals surface area contributed by atoms with Gasteiger partial charge in [0.2, 0.25) is 5.91 Å². The molecule has 10 heteroatoms. The zero-order valence-corrected chi connectivity index (χ0v) is 19.3. The number of carbonyl (C=O) groups is 1. The highest BCUT2D eigenvalue weighted by atomic mass is 35.5. The molecule has 1 atom stereocenters. The Hall–Kier alpha value is -3.90. The smallest absolute Gasteiger partial charge is 0.226 e. The fraction of sp³-hybridized carbons (Fsp3) is 0.261. The van der Waals surface area contributed by atoms with Gasteiger partial charge in [0.25, 0.3) is 0 Å². The van der Waals surface area contributed by atoms with Gasteiger partial charge in [-0.05, 0) is 25.1 Å². The average Bonchev–Trinajstić information content (AvgIpc) is 3.48. The van der Waals surface area contributed by atoms with Crippen molar-refractivity contribution in [2.45, 2.75) is 25.9 Å². The van der Waals surface area contributed by atoms with E-state index >= 15 is 0 Å². The van der Waals surface area contributed by atoms with Gasteiger partial charge in [-0.15, -0.1) is 0 Å². The standard InChI is InChI=1S/C23H23ClN8O/c1-15(12-32-7-6-21(29-32)16-4-5-17(10-25)20(24)8-16)27-22(33)9-19-14-30(2)23(28-19)18-11-26-31(3)13-18/h4-8,11,13-15H,9,12H2,1-3H3,(H,27,33)/t15-/m0/s1. The first-order valence-electron chi connectivity index (χ1n) is 10.4. The van der Waals surface area contributed by atoms with Crippen molar-refractivity contribution in [3.8, 4) is 28.7 Å². The minimum absolute atomic E-state index is 0.107. The lowest BCUT2D eigenvalue weighted by Crippen LogP contribution is -2.36. The van der Waals surface area contributed by atoms with Gasteiger partial charge in [0, 0.05) is 44.3 Å². The third-order valence-electron chi connectivity index (χ3n) is 5.13. The van der Waals surface area contributed by atoms with E-state index in [0.29, 0.717) is 22.8 Å². The molecule has 0 bridgehead atoms. The molecule has 0 saturated heterocycles. The molecule has 3 aromatic heterocycles. The molecule has 3 heterocycles. The minimum Gasteiger partial charge on any atom is -0.351 e. The van der Waals surface area contributed by atoms with E-state index in [0.717, 1.165) is 22.6 Å². The summed E-state index contributed by atoms with van der Waals surface area (Å²) in [6.07, 6.45) is 7.53. The number of nitrogens with zero attached hydrogens (tertiary/aromatic N) is 7. The largest absolute Gasteiger partial charge is 0.351 e. The molecule has 0 saturated carbocycles. The Morgan fingerprint density at radius 2 is 2.06 bits per heavy atom. The van der Waals surface area contributed by atoms with Crippen LogP contribution in [0.2, 0.25) is 5.02 Å². The van der Waals surface area contributed by atoms with Gasteiger partial charge in [0.05, 0.1) is 46.7 Å². The van der Waals surface area contributed by atoms with Crippen LogP contribution in [0.5, 0.6) is 0 Å². The van der Waals surface area contributed by atoms with Gasteiger partial charge in [-0.2, -0.15) is 15.5 Å². The maximum absolute atomic E-state index is 12.6. The molecule has 1 N–H and O–H groups in total. The highest BCUT2D eigenvalue weighted by molar-refractivity contribution is 6.32. The number of halogens is 1. The molecule has 0 radical (unpaired) electrons. The highest BCUT2D eigenvalue weighted by Gasteiger charge is 2.15. The second-order valence-electron chi connectivity index (χ2n) is 7.94. The Morgan fingerprint density at radius 3 is 2.76 bits per heavy atom. The van der Waals surface area contributed by atoms with Crippen LogP contribution < -0.4 is 5.32 Å². The number of hydrogen-bond acceptors (Lipinski definition) is 5. The van der Waals surface area contributed by atoms with Crippen molar-refractivity contribution in [1.29, 1.82) is 5.26 Å². The van der Waals surface area contributed by atoms with Crippen molar-refractivity contribution >= 4 is 17.5 Å². The molecule has 4 aromatic rings. The Kier molecular flexibility index (Phi) is 6.29. The second kappa shape index (κ2) is 9.30. The van der Waals surface area contributed by atoms with E-state index < -0.39 is 0 Å². The summed E-state index contributed by atoms with van der Waals surface area (Å²) in [7, 11) is 3.75. The quantitative estimate of drug-likeness (QED) is 0.454. The number of imidazole rings is 1. The van der Waals surface area contributed by atoms with Gasteiger partial charge < -0.3 is 9.88 Å². The maximum atomic E-state index is 12.6. The fourth-order valence-corrected chi connectivity index (χ4v) is 3.84. The Bertz CT molecular complexity index is 1340. The lowest BCUT2D eigenvalue weighted by molar-refractivity contribution is -0.121. The van der Waals surface area contributed by atoms with Gasteiger partial charge in [-0.1, -0.05) is 17.7 Å². The van der Waals surface area contributed by atoms with E-state index in [1.165, 1.54) is 0 Å². The molecular weight excluding hydrogens is 440 g/mol. The van der Waals surface area contributed by atoms with Crippen molar-refractivity contribution < 1.29 is 4.79 Å². The normalized spacial score (nSPS) is 11.8. The monoisotopic (exact) mass is 462 g/mol. The first-order chi connectivity index (χ1) is 15.8. The number of aromatic nitrogens is 6. The van der Waals surface area contributed by atoms with E-state index in [-0.39, 0.29) is 18.4 Å². The lowest BCUT2D eigenvalue weighted by Gasteiger charge is -2.13. The van der Waals surface area contributed by atoms with Gasteiger partial charge in [0.15, 0.2) is 0 Å². The topological polar surface area (TPSA) is 106 Å². The number of aryl methyl sites for hydroxylation is 2. The molecule has 0 unspecified atom stereocenters. The van der Waals surface area contributed by atoms with Gasteiger partial charge in [0.1, 0.15) is 11.9 Å². The second-order valence-corrected chi connectivity index (χ2v) is 8.35. The Labute approximate surface area is 196 Å². The summed E-state index contributed by atoms with van der Waals surface area (Å²) in [5.74, 6) is 0.663. The zero-order chi connectivity index (χ0) is 23.5. The van der Waals surface area contributed by atoms with Crippen LogP contribution in [0.15, 0.2) is 49.1 Å². The first-order valence-corrected chi connectivity index (χ1v) is 10.7. The molecule has 0 aliphatic rings. The maximum Gasteiger partial charge on any atom is 0.226 e. The average molecular weight is 463 g/mol. The van der Waals surface area contributed by atoms with Gasteiger partial charge in [-0.3, -0.25) is 14.2 Å². The molecule has 0 fully saturated rings. The molecule has 1 amide bonds. The number of rotatable bonds is 7. The molecule has 33 heavy (non-hydrogen) atoms. The fourth-order valence-electron chi connectivity index (χ4n) is 3.62. The van der Waals surface area contributed by atoms with Gasteiger partial charge in [-0.25, -0.2) is 4.98 Å². The number of amides is 1. The van der Waals surface area contributed by atoms with Crippen molar-refractivity contribution in [1.82, 2.24) is 34.4 Å². The van der Waals surface area contributed by atoms with Crippen molar-refractivity contribution in [2.24, 2.45) is 14.1 Å². The SMILES string of the molecule is C[C@@H](Cn1ccc(-c2ccc(C#N)c(Cl)c2)n1)NC(=O)Cc1cn(C)c(-c2cnn(C)c2)n1. The molecule has 0 spiro atoms. The minimum atomic E-state index is -0.128. The summed E-state index contributed by atoms with van der Waals surface area (Å²) in [4.78, 5) is 17.1. The summed E-state index contributed by atoms with van der Waals surface area (Å²) < 4.78 is 5.38. The van der Waals surface area contributed by atoms with E-state index in [9.17, 15) is 4.79 Å². The van der Waals surface area contributed by atoms with Crippen LogP contribution in [0.4, 0.5) is 0 Å². The molecule has 1 aromatic carbocycles. The third-order valence-corrected chi connectivity index (χ3v) is 5.44. The molecular formula is C23H23ClN8O. The van der Waals surface area contributed by atoms with Crippen LogP contribution in [0.25, 0.3) is 22.6 Å². The number of carbonyl (C=O) groups excluding carboxylic acids is 1. The summed E-state index contributed by atoms with van der Waals surface area (Å²) in [6, 6.07) is 9.01. The van der Waals surface area contributed by atoms with Crippen LogP contribution in [0.3, 0.4) is 0 Å². The highest BCUT2D eigenvalue weighted by Crippen LogP contribution is 2.24. The van der Waals surface area contributed by atoms with Crippen LogP contribution in [0.1, 0.15) is 18.2 Å². The summed E-state index contributed by atoms with van der Waals surface area (Å²) in [5, 5.41) is 21.1. The Morgan fingerprint density at radius 1 is 1.24 bits per heavy atom. The predicted molar refractivity (Wildman–Crippen MR) is 124 cm³/mol. The summed E-state index contributed by atoms with van der Waals surface area (Å²) in [5.41, 5.74) is 3.60. The number of nitriles is 1. The van der Waals surface area contributed by atoms with E-state index in [4.69, 9.17) is 16.9 Å². The third kappa shape index (κ3) is 5.13. The number of nitrogens with one attached hydrogen (secondary N) is 1. The zero-order valence-electron chi connectivity index (χ0n) is 18.5. The molecule has 0 aliphatic carbocycles. The van der Waals surface area contributed by atoms with Crippen molar-refractivity contribution in [3.63, 3.8) is 0 Å². The van der Waals surface area contributed by atoms with Crippen LogP contribution in [-0.2, 0) is 31.9 Å². The molecule has 0 aliphatic heterocycles. The Balaban J connectivity index is 1.35. The van der Waals surface area contributed by atoms with Gasteiger partial charge >= 0.3 is 0 Å². The predicted octanol–water partition coefficient (Wildman–Crippen LogP) is 2.96. The van der Waals surface area contributed by atoms with E-state index in [1.807, 2.05) is 62.4 Å². The van der Waals surface area contributed by atoms with Crippen LogP contribution in [0, 0.1) is 11.3 Å². The molecule has 4 rings (SSSR count). The number of benzene rings is 1. The molecule has 168 valence electrons. The summed E-state index contributed by atoms with van der Waals surface area (Å²) >= 11 is 6.13. The van der Waals surface area contributed by atoms with Crippen LogP contribution in [-0.4, -0.2) is 41.1 Å².